The number of piperidine rings is 1. The molecule has 1 spiro atoms. The normalized spacial score (nSPS) is 22.5. The van der Waals surface area contributed by atoms with E-state index in [0.29, 0.717) is 18.5 Å². The van der Waals surface area contributed by atoms with Gasteiger partial charge in [0.05, 0.1) is 18.2 Å². The fraction of sp³-hybridized carbons (Fsp3) is 0.483. The number of benzene rings is 2. The lowest BCUT2D eigenvalue weighted by Crippen LogP contribution is -2.40. The predicted octanol–water partition coefficient (Wildman–Crippen LogP) is 3.89. The average Bonchev–Trinajstić information content (AvgIpc) is 3.03. The van der Waals surface area contributed by atoms with E-state index in [2.05, 4.69) is 59.0 Å². The van der Waals surface area contributed by atoms with E-state index in [1.54, 1.807) is 6.07 Å². The maximum Gasteiger partial charge on any atom is 0.127 e. The summed E-state index contributed by atoms with van der Waals surface area (Å²) in [7, 11) is 2.18. The van der Waals surface area contributed by atoms with Crippen molar-refractivity contribution < 1.29 is 9.13 Å². The maximum atomic E-state index is 15.2. The number of nitriles is 1. The maximum absolute atomic E-state index is 15.2. The molecule has 2 N–H and O–H groups in total. The number of rotatable bonds is 6. The van der Waals surface area contributed by atoms with Gasteiger partial charge in [0.2, 0.25) is 0 Å². The molecule has 2 aromatic carbocycles. The molecule has 6 heteroatoms. The first-order chi connectivity index (χ1) is 17.1. The van der Waals surface area contributed by atoms with Crippen LogP contribution in [0.5, 0.6) is 0 Å². The summed E-state index contributed by atoms with van der Waals surface area (Å²) in [5.74, 6) is -0.260. The van der Waals surface area contributed by atoms with Crippen molar-refractivity contribution in [3.63, 3.8) is 0 Å². The monoisotopic (exact) mass is 474 g/mol. The fourth-order valence-corrected chi connectivity index (χ4v) is 5.55. The van der Waals surface area contributed by atoms with Crippen molar-refractivity contribution in [2.45, 2.75) is 43.2 Å². The first-order valence-corrected chi connectivity index (χ1v) is 12.8. The van der Waals surface area contributed by atoms with E-state index in [1.165, 1.54) is 11.1 Å². The highest BCUT2D eigenvalue weighted by Crippen LogP contribution is 2.44. The Morgan fingerprint density at radius 2 is 2.03 bits per heavy atom. The van der Waals surface area contributed by atoms with E-state index < -0.39 is 6.04 Å². The van der Waals surface area contributed by atoms with Crippen LogP contribution in [0.1, 0.15) is 36.0 Å². The summed E-state index contributed by atoms with van der Waals surface area (Å²) < 4.78 is 21.0. The highest BCUT2D eigenvalue weighted by atomic mass is 19.1. The van der Waals surface area contributed by atoms with Crippen LogP contribution in [0.2, 0.25) is 0 Å². The minimum absolute atomic E-state index is 0.0303. The van der Waals surface area contributed by atoms with Crippen LogP contribution in [-0.4, -0.2) is 63.4 Å². The lowest BCUT2D eigenvalue weighted by atomic mass is 9.74. The molecule has 2 fully saturated rings. The van der Waals surface area contributed by atoms with Gasteiger partial charge in [-0.2, -0.15) is 5.26 Å². The third kappa shape index (κ3) is 5.34. The van der Waals surface area contributed by atoms with Crippen LogP contribution >= 0.6 is 0 Å². The zero-order valence-corrected chi connectivity index (χ0v) is 20.5. The van der Waals surface area contributed by atoms with Crippen LogP contribution in [0, 0.1) is 17.1 Å². The Morgan fingerprint density at radius 3 is 2.83 bits per heavy atom. The molecule has 2 aliphatic heterocycles. The molecule has 2 atom stereocenters. The summed E-state index contributed by atoms with van der Waals surface area (Å²) >= 11 is 0. The molecule has 2 heterocycles. The average molecular weight is 475 g/mol. The minimum Gasteiger partial charge on any atom is -0.376 e. The van der Waals surface area contributed by atoms with Crippen molar-refractivity contribution in [3.05, 3.63) is 65.0 Å². The number of nitrogens with one attached hydrogen (secondary N) is 2. The Labute approximate surface area is 208 Å². The van der Waals surface area contributed by atoms with E-state index in [9.17, 15) is 5.26 Å². The van der Waals surface area contributed by atoms with Crippen LogP contribution in [-0.2, 0) is 16.6 Å². The Balaban J connectivity index is 1.27. The van der Waals surface area contributed by atoms with Gasteiger partial charge in [-0.15, -0.1) is 0 Å². The van der Waals surface area contributed by atoms with Crippen molar-refractivity contribution in [1.29, 1.82) is 5.26 Å². The standard InChI is InChI=1S/C29H35FN4O/c1-34-12-9-29(10-13-34)8-7-21-3-4-22(16-27(21)29)23-5-6-24(28(30)17-23)15-25(18-31)33-20-26-19-32-11-2-14-35-26/h3-8,16-17,25-26,32-33H,2,9-15,19-20H2,1H3/t25-,26?/m0/s1. The van der Waals surface area contributed by atoms with Crippen LogP contribution in [0.4, 0.5) is 4.39 Å². The van der Waals surface area contributed by atoms with Gasteiger partial charge in [-0.25, -0.2) is 4.39 Å². The lowest BCUT2D eigenvalue weighted by Gasteiger charge is -2.37. The van der Waals surface area contributed by atoms with Gasteiger partial charge in [-0.3, -0.25) is 5.32 Å². The Bertz CT molecular complexity index is 1110. The number of halogens is 1. The van der Waals surface area contributed by atoms with E-state index in [4.69, 9.17) is 4.74 Å². The Hall–Kier alpha value is -2.56. The van der Waals surface area contributed by atoms with Gasteiger partial charge in [-0.1, -0.05) is 36.4 Å². The molecule has 184 valence electrons. The summed E-state index contributed by atoms with van der Waals surface area (Å²) in [6.07, 6.45) is 8.22. The number of hydrogen-bond donors (Lipinski definition) is 2. The molecule has 0 radical (unpaired) electrons. The second-order valence-corrected chi connectivity index (χ2v) is 10.2. The number of likely N-dealkylation sites (tertiary alicyclic amines) is 1. The van der Waals surface area contributed by atoms with Crippen LogP contribution < -0.4 is 10.6 Å². The molecule has 0 amide bonds. The number of hydrogen-bond acceptors (Lipinski definition) is 5. The van der Waals surface area contributed by atoms with Crippen molar-refractivity contribution in [2.24, 2.45) is 0 Å². The number of fused-ring (bicyclic) bond motifs is 2. The molecule has 5 nitrogen and oxygen atoms in total. The number of allylic oxidation sites excluding steroid dienone is 1. The van der Waals surface area contributed by atoms with Gasteiger partial charge in [0, 0.05) is 31.5 Å². The van der Waals surface area contributed by atoms with Gasteiger partial charge in [0.25, 0.3) is 0 Å². The second-order valence-electron chi connectivity index (χ2n) is 10.2. The molecule has 1 aliphatic carbocycles. The third-order valence-electron chi connectivity index (χ3n) is 7.83. The summed E-state index contributed by atoms with van der Waals surface area (Å²) in [5, 5.41) is 16.2. The molecule has 35 heavy (non-hydrogen) atoms. The summed E-state index contributed by atoms with van der Waals surface area (Å²) in [6.45, 7) is 5.20. The summed E-state index contributed by atoms with van der Waals surface area (Å²) in [5.41, 5.74) is 5.25. The molecule has 0 bridgehead atoms. The van der Waals surface area contributed by atoms with Gasteiger partial charge in [0.1, 0.15) is 5.82 Å². The molecule has 0 saturated carbocycles. The molecular weight excluding hydrogens is 439 g/mol. The van der Waals surface area contributed by atoms with E-state index in [0.717, 1.165) is 63.2 Å². The molecule has 2 saturated heterocycles. The van der Waals surface area contributed by atoms with Gasteiger partial charge < -0.3 is 15.0 Å². The van der Waals surface area contributed by atoms with Crippen LogP contribution in [0.25, 0.3) is 17.2 Å². The molecular formula is C29H35FN4O. The molecule has 3 aliphatic rings. The number of ether oxygens (including phenoxy) is 1. The smallest absolute Gasteiger partial charge is 0.127 e. The van der Waals surface area contributed by atoms with Crippen molar-refractivity contribution in [2.75, 3.05) is 46.4 Å². The summed E-state index contributed by atoms with van der Waals surface area (Å²) in [6, 6.07) is 13.8. The fourth-order valence-electron chi connectivity index (χ4n) is 5.55. The first kappa shape index (κ1) is 24.1. The molecule has 0 aromatic heterocycles. The highest BCUT2D eigenvalue weighted by Gasteiger charge is 2.37. The molecule has 5 rings (SSSR count). The molecule has 1 unspecified atom stereocenters. The zero-order valence-electron chi connectivity index (χ0n) is 20.5. The van der Waals surface area contributed by atoms with Crippen LogP contribution in [0.3, 0.4) is 0 Å². The Morgan fingerprint density at radius 1 is 1.23 bits per heavy atom. The van der Waals surface area contributed by atoms with Gasteiger partial charge in [-0.05, 0) is 85.9 Å². The predicted molar refractivity (Wildman–Crippen MR) is 138 cm³/mol. The zero-order chi connectivity index (χ0) is 24.3. The van der Waals surface area contributed by atoms with Crippen molar-refractivity contribution >= 4 is 6.08 Å². The lowest BCUT2D eigenvalue weighted by molar-refractivity contribution is 0.0660. The number of nitrogens with zero attached hydrogens (tertiary/aromatic N) is 2. The van der Waals surface area contributed by atoms with E-state index in [-0.39, 0.29) is 17.3 Å². The topological polar surface area (TPSA) is 60.3 Å². The third-order valence-corrected chi connectivity index (χ3v) is 7.83. The van der Waals surface area contributed by atoms with Crippen molar-refractivity contribution in [3.8, 4) is 17.2 Å². The van der Waals surface area contributed by atoms with E-state index >= 15 is 4.39 Å². The second kappa shape index (κ2) is 10.6. The van der Waals surface area contributed by atoms with Crippen LogP contribution in [0.15, 0.2) is 42.5 Å². The quantitative estimate of drug-likeness (QED) is 0.665. The first-order valence-electron chi connectivity index (χ1n) is 12.8. The largest absolute Gasteiger partial charge is 0.376 e. The van der Waals surface area contributed by atoms with E-state index in [1.807, 2.05) is 12.1 Å². The van der Waals surface area contributed by atoms with Crippen molar-refractivity contribution in [1.82, 2.24) is 15.5 Å². The van der Waals surface area contributed by atoms with Gasteiger partial charge in [0.15, 0.2) is 0 Å². The van der Waals surface area contributed by atoms with Gasteiger partial charge >= 0.3 is 0 Å². The SMILES string of the molecule is CN1CCC2(C=Cc3ccc(-c4ccc(C[C@@H](C#N)NCC5CNCCCO5)c(F)c4)cc32)CC1. The summed E-state index contributed by atoms with van der Waals surface area (Å²) in [4.78, 5) is 2.39. The highest BCUT2D eigenvalue weighted by molar-refractivity contribution is 5.73. The minimum atomic E-state index is -0.461. The molecule has 2 aromatic rings. The Kier molecular flexibility index (Phi) is 7.31.